The summed E-state index contributed by atoms with van der Waals surface area (Å²) in [7, 11) is -3.82. The highest BCUT2D eigenvalue weighted by Crippen LogP contribution is 2.19. The van der Waals surface area contributed by atoms with E-state index in [1.54, 1.807) is 11.4 Å². The fraction of sp³-hybridized carbons (Fsp3) is 0.429. The summed E-state index contributed by atoms with van der Waals surface area (Å²) in [4.78, 5) is 0. The molecule has 0 spiro atoms. The molecule has 0 saturated carbocycles. The van der Waals surface area contributed by atoms with Gasteiger partial charge in [0.25, 0.3) is 0 Å². The Labute approximate surface area is 75.7 Å². The molecule has 0 unspecified atom stereocenters. The third-order valence-electron chi connectivity index (χ3n) is 1.02. The van der Waals surface area contributed by atoms with E-state index in [0.717, 1.165) is 0 Å². The van der Waals surface area contributed by atoms with Gasteiger partial charge >= 0.3 is 7.63 Å². The van der Waals surface area contributed by atoms with E-state index in [0.29, 0.717) is 0 Å². The van der Waals surface area contributed by atoms with Crippen molar-refractivity contribution in [2.45, 2.75) is 19.6 Å². The lowest BCUT2D eigenvalue weighted by atomic mass is 11.2. The van der Waals surface area contributed by atoms with Gasteiger partial charge in [-0.15, -0.1) is 24.2 Å². The van der Waals surface area contributed by atoms with Crippen LogP contribution in [0.2, 0.25) is 19.6 Å². The number of hydrogen-bond donors (Lipinski definition) is 0. The standard InChI is InChI=1S/C7H15ClOSi2/c1-6-11(8,7-2)9-10(3,4)5/h6-7H,1-2H2,3-5H3. The van der Waals surface area contributed by atoms with E-state index < -0.39 is 15.9 Å². The van der Waals surface area contributed by atoms with E-state index in [1.165, 1.54) is 0 Å². The van der Waals surface area contributed by atoms with Crippen LogP contribution in [0.25, 0.3) is 0 Å². The quantitative estimate of drug-likeness (QED) is 0.508. The molecule has 0 heterocycles. The van der Waals surface area contributed by atoms with E-state index in [4.69, 9.17) is 15.2 Å². The molecule has 0 aromatic heterocycles. The van der Waals surface area contributed by atoms with Crippen LogP contribution >= 0.6 is 11.1 Å². The van der Waals surface area contributed by atoms with Gasteiger partial charge in [-0.1, -0.05) is 11.4 Å². The fourth-order valence-electron chi connectivity index (χ4n) is 0.636. The average Bonchev–Trinajstić information content (AvgIpc) is 1.84. The van der Waals surface area contributed by atoms with E-state index in [2.05, 4.69) is 32.8 Å². The maximum absolute atomic E-state index is 6.11. The van der Waals surface area contributed by atoms with Crippen molar-refractivity contribution < 1.29 is 4.12 Å². The summed E-state index contributed by atoms with van der Waals surface area (Å²) in [5, 5.41) is 0. The minimum atomic E-state index is -2.27. The highest BCUT2D eigenvalue weighted by atomic mass is 35.6. The maximum Gasteiger partial charge on any atom is 0.329 e. The van der Waals surface area contributed by atoms with Crippen molar-refractivity contribution in [3.63, 3.8) is 0 Å². The summed E-state index contributed by atoms with van der Waals surface area (Å²) >= 11 is 6.11. The minimum Gasteiger partial charge on any atom is -0.439 e. The molecule has 0 amide bonds. The molecule has 0 aliphatic carbocycles. The molecule has 0 radical (unpaired) electrons. The third kappa shape index (κ3) is 4.58. The highest BCUT2D eigenvalue weighted by molar-refractivity contribution is 7.24. The molecule has 0 aromatic rings. The zero-order valence-corrected chi connectivity index (χ0v) is 10.1. The van der Waals surface area contributed by atoms with Crippen LogP contribution in [0.3, 0.4) is 0 Å². The van der Waals surface area contributed by atoms with Gasteiger partial charge in [0.15, 0.2) is 8.32 Å². The molecular formula is C7H15ClOSi2. The summed E-state index contributed by atoms with van der Waals surface area (Å²) in [5.74, 6) is 0. The zero-order valence-electron chi connectivity index (χ0n) is 7.36. The Kier molecular flexibility index (Phi) is 3.77. The van der Waals surface area contributed by atoms with Gasteiger partial charge in [-0.05, 0) is 19.6 Å². The molecule has 0 bridgehead atoms. The summed E-state index contributed by atoms with van der Waals surface area (Å²) < 4.78 is 5.73. The molecule has 0 atom stereocenters. The highest BCUT2D eigenvalue weighted by Gasteiger charge is 2.31. The van der Waals surface area contributed by atoms with Crippen LogP contribution in [0.15, 0.2) is 24.6 Å². The second-order valence-corrected chi connectivity index (χ2v) is 12.3. The lowest BCUT2D eigenvalue weighted by Crippen LogP contribution is -2.40. The van der Waals surface area contributed by atoms with Gasteiger partial charge in [-0.25, -0.2) is 0 Å². The van der Waals surface area contributed by atoms with Crippen molar-refractivity contribution in [2.75, 3.05) is 0 Å². The van der Waals surface area contributed by atoms with Crippen LogP contribution in [0.4, 0.5) is 0 Å². The Morgan fingerprint density at radius 2 is 1.55 bits per heavy atom. The smallest absolute Gasteiger partial charge is 0.329 e. The molecule has 0 aliphatic heterocycles. The summed E-state index contributed by atoms with van der Waals surface area (Å²) in [6.45, 7) is 13.6. The Morgan fingerprint density at radius 1 is 1.18 bits per heavy atom. The molecule has 11 heavy (non-hydrogen) atoms. The van der Waals surface area contributed by atoms with Gasteiger partial charge in [0.05, 0.1) is 0 Å². The van der Waals surface area contributed by atoms with Crippen molar-refractivity contribution in [1.82, 2.24) is 0 Å². The van der Waals surface area contributed by atoms with Crippen LogP contribution < -0.4 is 0 Å². The maximum atomic E-state index is 6.11. The predicted octanol–water partition coefficient (Wildman–Crippen LogP) is 2.97. The van der Waals surface area contributed by atoms with Crippen molar-refractivity contribution in [3.8, 4) is 0 Å². The molecular weight excluding hydrogens is 192 g/mol. The SMILES string of the molecule is C=C[Si](Cl)(C=C)O[Si](C)(C)C. The monoisotopic (exact) mass is 206 g/mol. The Balaban J connectivity index is 4.31. The van der Waals surface area contributed by atoms with Gasteiger partial charge in [0.2, 0.25) is 0 Å². The Morgan fingerprint density at radius 3 is 1.64 bits per heavy atom. The van der Waals surface area contributed by atoms with Crippen molar-refractivity contribution >= 4 is 27.0 Å². The van der Waals surface area contributed by atoms with E-state index in [1.807, 2.05) is 0 Å². The number of halogens is 1. The number of rotatable bonds is 4. The topological polar surface area (TPSA) is 9.23 Å². The fourth-order valence-corrected chi connectivity index (χ4v) is 7.31. The van der Waals surface area contributed by atoms with Crippen molar-refractivity contribution in [2.24, 2.45) is 0 Å². The first-order valence-electron chi connectivity index (χ1n) is 3.49. The zero-order chi connectivity index (χ0) is 9.12. The molecule has 1 nitrogen and oxygen atoms in total. The van der Waals surface area contributed by atoms with Crippen LogP contribution in [-0.2, 0) is 4.12 Å². The van der Waals surface area contributed by atoms with Crippen LogP contribution in [0.5, 0.6) is 0 Å². The van der Waals surface area contributed by atoms with Crippen molar-refractivity contribution in [1.29, 1.82) is 0 Å². The minimum absolute atomic E-state index is 1.55. The van der Waals surface area contributed by atoms with Gasteiger partial charge in [0.1, 0.15) is 0 Å². The molecule has 0 N–H and O–H groups in total. The van der Waals surface area contributed by atoms with Gasteiger partial charge in [0, 0.05) is 0 Å². The molecule has 64 valence electrons. The van der Waals surface area contributed by atoms with E-state index in [-0.39, 0.29) is 0 Å². The second kappa shape index (κ2) is 3.71. The summed E-state index contributed by atoms with van der Waals surface area (Å²) in [5.41, 5.74) is 3.39. The van der Waals surface area contributed by atoms with Gasteiger partial charge in [-0.2, -0.15) is 0 Å². The molecule has 0 aromatic carbocycles. The molecule has 4 heteroatoms. The first kappa shape index (κ1) is 11.2. The first-order valence-corrected chi connectivity index (χ1v) is 9.97. The number of hydrogen-bond acceptors (Lipinski definition) is 1. The molecule has 0 rings (SSSR count). The molecule has 0 aliphatic rings. The van der Waals surface area contributed by atoms with Crippen LogP contribution in [-0.4, -0.2) is 15.9 Å². The third-order valence-corrected chi connectivity index (χ3v) is 7.45. The summed E-state index contributed by atoms with van der Waals surface area (Å²) in [6, 6.07) is 0. The largest absolute Gasteiger partial charge is 0.439 e. The van der Waals surface area contributed by atoms with E-state index in [9.17, 15) is 0 Å². The average molecular weight is 207 g/mol. The molecule has 0 saturated heterocycles. The normalized spacial score (nSPS) is 12.7. The Hall–Kier alpha value is 0.164. The Bertz CT molecular complexity index is 154. The lowest BCUT2D eigenvalue weighted by molar-refractivity contribution is 0.584. The van der Waals surface area contributed by atoms with Gasteiger partial charge in [-0.3, -0.25) is 0 Å². The van der Waals surface area contributed by atoms with Crippen LogP contribution in [0.1, 0.15) is 0 Å². The van der Waals surface area contributed by atoms with Crippen LogP contribution in [0, 0.1) is 0 Å². The van der Waals surface area contributed by atoms with E-state index >= 15 is 0 Å². The first-order chi connectivity index (χ1) is 4.83. The van der Waals surface area contributed by atoms with Crippen molar-refractivity contribution in [3.05, 3.63) is 24.6 Å². The molecule has 0 fully saturated rings. The predicted molar refractivity (Wildman–Crippen MR) is 56.4 cm³/mol. The summed E-state index contributed by atoms with van der Waals surface area (Å²) in [6.07, 6.45) is 0. The second-order valence-electron chi connectivity index (χ2n) is 3.32. The van der Waals surface area contributed by atoms with Gasteiger partial charge < -0.3 is 4.12 Å². The lowest BCUT2D eigenvalue weighted by Gasteiger charge is -2.26.